The highest BCUT2D eigenvalue weighted by atomic mass is 16.4. The number of carboxylic acid groups (broad SMARTS) is 1. The molecule has 0 atom stereocenters. The van der Waals surface area contributed by atoms with Crippen LogP contribution in [-0.4, -0.2) is 11.1 Å². The molecular weight excluding hydrogens is 238 g/mol. The van der Waals surface area contributed by atoms with Gasteiger partial charge in [-0.05, 0) is 42.7 Å². The molecule has 0 saturated carbocycles. The van der Waals surface area contributed by atoms with Crippen molar-refractivity contribution in [3.8, 4) is 11.1 Å². The number of benzene rings is 2. The van der Waals surface area contributed by atoms with E-state index >= 15 is 0 Å². The average molecular weight is 255 g/mol. The highest BCUT2D eigenvalue weighted by Gasteiger charge is 2.29. The standard InChI is InChI=1S/C16H17NO2/c1-16(2,15(18)19)13-7-3-11(4-8-13)12-5-9-14(17)10-6-12/h3-10H,17H2,1-2H3,(H,18,19). The fraction of sp³-hybridized carbons (Fsp3) is 0.188. The number of carbonyl (C=O) groups is 1. The molecule has 19 heavy (non-hydrogen) atoms. The van der Waals surface area contributed by atoms with E-state index in [0.717, 1.165) is 22.4 Å². The van der Waals surface area contributed by atoms with Crippen molar-refractivity contribution in [2.24, 2.45) is 0 Å². The van der Waals surface area contributed by atoms with Gasteiger partial charge in [0.25, 0.3) is 0 Å². The molecule has 3 N–H and O–H groups in total. The van der Waals surface area contributed by atoms with Gasteiger partial charge in [0.05, 0.1) is 5.41 Å². The normalized spacial score (nSPS) is 11.3. The van der Waals surface area contributed by atoms with E-state index in [0.29, 0.717) is 0 Å². The quantitative estimate of drug-likeness (QED) is 0.827. The first-order valence-corrected chi connectivity index (χ1v) is 6.11. The van der Waals surface area contributed by atoms with Crippen molar-refractivity contribution in [3.63, 3.8) is 0 Å². The number of carboxylic acids is 1. The second-order valence-corrected chi connectivity index (χ2v) is 5.13. The largest absolute Gasteiger partial charge is 0.481 e. The predicted molar refractivity (Wildman–Crippen MR) is 77.0 cm³/mol. The lowest BCUT2D eigenvalue weighted by molar-refractivity contribution is -0.142. The first-order valence-electron chi connectivity index (χ1n) is 6.11. The topological polar surface area (TPSA) is 63.3 Å². The Morgan fingerprint density at radius 2 is 1.37 bits per heavy atom. The summed E-state index contributed by atoms with van der Waals surface area (Å²) in [5.74, 6) is -0.826. The molecule has 0 fully saturated rings. The Labute approximate surface area is 112 Å². The predicted octanol–water partition coefficient (Wildman–Crippen LogP) is 3.30. The van der Waals surface area contributed by atoms with Crippen LogP contribution in [0.1, 0.15) is 19.4 Å². The summed E-state index contributed by atoms with van der Waals surface area (Å²) in [7, 11) is 0. The number of nitrogens with two attached hydrogens (primary N) is 1. The molecule has 0 unspecified atom stereocenters. The molecule has 98 valence electrons. The molecule has 0 aliphatic heterocycles. The van der Waals surface area contributed by atoms with Crippen LogP contribution < -0.4 is 5.73 Å². The zero-order valence-corrected chi connectivity index (χ0v) is 11.1. The highest BCUT2D eigenvalue weighted by Crippen LogP contribution is 2.27. The van der Waals surface area contributed by atoms with Crippen molar-refractivity contribution < 1.29 is 9.90 Å². The fourth-order valence-corrected chi connectivity index (χ4v) is 1.88. The maximum absolute atomic E-state index is 11.2. The fourth-order valence-electron chi connectivity index (χ4n) is 1.88. The van der Waals surface area contributed by atoms with Gasteiger partial charge in [-0.15, -0.1) is 0 Å². The molecule has 0 amide bonds. The van der Waals surface area contributed by atoms with Crippen LogP contribution in [0, 0.1) is 0 Å². The molecular formula is C16H17NO2. The monoisotopic (exact) mass is 255 g/mol. The molecule has 2 rings (SSSR count). The van der Waals surface area contributed by atoms with Crippen molar-refractivity contribution in [2.45, 2.75) is 19.3 Å². The number of aliphatic carboxylic acids is 1. The van der Waals surface area contributed by atoms with Crippen molar-refractivity contribution >= 4 is 11.7 Å². The van der Waals surface area contributed by atoms with E-state index in [1.807, 2.05) is 48.5 Å². The Hall–Kier alpha value is -2.29. The molecule has 3 heteroatoms. The van der Waals surface area contributed by atoms with E-state index < -0.39 is 11.4 Å². The Morgan fingerprint density at radius 3 is 1.79 bits per heavy atom. The van der Waals surface area contributed by atoms with Gasteiger partial charge >= 0.3 is 5.97 Å². The first-order chi connectivity index (χ1) is 8.91. The summed E-state index contributed by atoms with van der Waals surface area (Å²) < 4.78 is 0. The summed E-state index contributed by atoms with van der Waals surface area (Å²) in [6, 6.07) is 15.2. The molecule has 0 aliphatic rings. The molecule has 0 aromatic heterocycles. The lowest BCUT2D eigenvalue weighted by Crippen LogP contribution is -2.28. The van der Waals surface area contributed by atoms with Gasteiger partial charge in [0, 0.05) is 5.69 Å². The third-order valence-corrected chi connectivity index (χ3v) is 3.39. The molecule has 0 radical (unpaired) electrons. The molecule has 0 aliphatic carbocycles. The molecule has 0 spiro atoms. The Balaban J connectivity index is 2.33. The number of nitrogen functional groups attached to an aromatic ring is 1. The molecule has 2 aromatic carbocycles. The van der Waals surface area contributed by atoms with Crippen molar-refractivity contribution in [2.75, 3.05) is 5.73 Å². The van der Waals surface area contributed by atoms with Gasteiger partial charge in [-0.2, -0.15) is 0 Å². The van der Waals surface area contributed by atoms with Gasteiger partial charge in [0.2, 0.25) is 0 Å². The van der Waals surface area contributed by atoms with Crippen LogP contribution in [0.25, 0.3) is 11.1 Å². The Morgan fingerprint density at radius 1 is 0.947 bits per heavy atom. The van der Waals surface area contributed by atoms with Crippen molar-refractivity contribution in [3.05, 3.63) is 54.1 Å². The van der Waals surface area contributed by atoms with E-state index in [9.17, 15) is 9.90 Å². The van der Waals surface area contributed by atoms with Gasteiger partial charge in [-0.1, -0.05) is 36.4 Å². The number of anilines is 1. The lowest BCUT2D eigenvalue weighted by Gasteiger charge is -2.19. The van der Waals surface area contributed by atoms with Gasteiger partial charge in [-0.25, -0.2) is 0 Å². The van der Waals surface area contributed by atoms with E-state index in [1.54, 1.807) is 13.8 Å². The molecule has 3 nitrogen and oxygen atoms in total. The second kappa shape index (κ2) is 4.76. The Bertz CT molecular complexity index is 583. The summed E-state index contributed by atoms with van der Waals surface area (Å²) in [4.78, 5) is 11.2. The maximum atomic E-state index is 11.2. The van der Waals surface area contributed by atoms with Crippen LogP contribution in [0.3, 0.4) is 0 Å². The zero-order chi connectivity index (χ0) is 14.0. The molecule has 0 bridgehead atoms. The Kier molecular flexibility index (Phi) is 3.30. The van der Waals surface area contributed by atoms with Crippen molar-refractivity contribution in [1.82, 2.24) is 0 Å². The first kappa shape index (κ1) is 13.1. The smallest absolute Gasteiger partial charge is 0.313 e. The highest BCUT2D eigenvalue weighted by molar-refractivity contribution is 5.80. The molecule has 2 aromatic rings. The summed E-state index contributed by atoms with van der Waals surface area (Å²) in [6.45, 7) is 3.40. The zero-order valence-electron chi connectivity index (χ0n) is 11.1. The SMILES string of the molecule is CC(C)(C(=O)O)c1ccc(-c2ccc(N)cc2)cc1. The molecule has 0 saturated heterocycles. The van der Waals surface area contributed by atoms with Crippen LogP contribution in [0.5, 0.6) is 0 Å². The third-order valence-electron chi connectivity index (χ3n) is 3.39. The van der Waals surface area contributed by atoms with E-state index in [2.05, 4.69) is 0 Å². The maximum Gasteiger partial charge on any atom is 0.313 e. The number of hydrogen-bond donors (Lipinski definition) is 2. The number of rotatable bonds is 3. The van der Waals surface area contributed by atoms with E-state index in [-0.39, 0.29) is 0 Å². The van der Waals surface area contributed by atoms with Gasteiger partial charge < -0.3 is 10.8 Å². The van der Waals surface area contributed by atoms with E-state index in [1.165, 1.54) is 0 Å². The van der Waals surface area contributed by atoms with Crippen molar-refractivity contribution in [1.29, 1.82) is 0 Å². The summed E-state index contributed by atoms with van der Waals surface area (Å²) >= 11 is 0. The lowest BCUT2D eigenvalue weighted by atomic mass is 9.84. The number of hydrogen-bond acceptors (Lipinski definition) is 2. The van der Waals surface area contributed by atoms with Gasteiger partial charge in [-0.3, -0.25) is 4.79 Å². The van der Waals surface area contributed by atoms with Gasteiger partial charge in [0.1, 0.15) is 0 Å². The summed E-state index contributed by atoms with van der Waals surface area (Å²) in [5.41, 5.74) is 8.41. The minimum absolute atomic E-state index is 0.729. The van der Waals surface area contributed by atoms with E-state index in [4.69, 9.17) is 5.73 Å². The molecule has 0 heterocycles. The minimum atomic E-state index is -0.875. The van der Waals surface area contributed by atoms with Gasteiger partial charge in [0.15, 0.2) is 0 Å². The minimum Gasteiger partial charge on any atom is -0.481 e. The van der Waals surface area contributed by atoms with Crippen LogP contribution in [0.4, 0.5) is 5.69 Å². The van der Waals surface area contributed by atoms with Crippen LogP contribution in [0.15, 0.2) is 48.5 Å². The van der Waals surface area contributed by atoms with Crippen LogP contribution in [0.2, 0.25) is 0 Å². The van der Waals surface area contributed by atoms with Crippen LogP contribution >= 0.6 is 0 Å². The average Bonchev–Trinajstić information content (AvgIpc) is 2.39. The third kappa shape index (κ3) is 2.60. The summed E-state index contributed by atoms with van der Waals surface area (Å²) in [5, 5.41) is 9.20. The van der Waals surface area contributed by atoms with Crippen LogP contribution in [-0.2, 0) is 10.2 Å². The second-order valence-electron chi connectivity index (χ2n) is 5.13. The summed E-state index contributed by atoms with van der Waals surface area (Å²) in [6.07, 6.45) is 0.